The van der Waals surface area contributed by atoms with Gasteiger partial charge in [-0.2, -0.15) is 0 Å². The summed E-state index contributed by atoms with van der Waals surface area (Å²) in [6.45, 7) is 0.514. The van der Waals surface area contributed by atoms with Gasteiger partial charge in [0.15, 0.2) is 0 Å². The zero-order chi connectivity index (χ0) is 16.1. The van der Waals surface area contributed by atoms with E-state index in [1.165, 1.54) is 12.8 Å². The Morgan fingerprint density at radius 2 is 1.70 bits per heavy atom. The molecular weight excluding hydrogens is 292 g/mol. The number of nitrogens with one attached hydrogen (secondary N) is 2. The Bertz CT molecular complexity index is 546. The summed E-state index contributed by atoms with van der Waals surface area (Å²) in [5.41, 5.74) is 1.02. The smallest absolute Gasteiger partial charge is 0.239 e. The van der Waals surface area contributed by atoms with Crippen LogP contribution in [-0.4, -0.2) is 24.5 Å². The zero-order valence-electron chi connectivity index (χ0n) is 13.3. The van der Waals surface area contributed by atoms with Crippen LogP contribution in [0.25, 0.3) is 0 Å². The van der Waals surface area contributed by atoms with Gasteiger partial charge in [0.1, 0.15) is 5.75 Å². The molecular formula is C18H24N2O3. The SMILES string of the molecule is O=C(CNC(=O)C1CC1)NCc1ccc(OC2CCCC2)cc1. The van der Waals surface area contributed by atoms with Gasteiger partial charge in [0.25, 0.3) is 0 Å². The summed E-state index contributed by atoms with van der Waals surface area (Å²) in [7, 11) is 0. The van der Waals surface area contributed by atoms with Gasteiger partial charge in [-0.25, -0.2) is 0 Å². The summed E-state index contributed by atoms with van der Waals surface area (Å²) in [6.07, 6.45) is 7.05. The number of carbonyl (C=O) groups is 2. The van der Waals surface area contributed by atoms with Crippen LogP contribution in [-0.2, 0) is 16.1 Å². The molecule has 2 N–H and O–H groups in total. The van der Waals surface area contributed by atoms with E-state index in [2.05, 4.69) is 10.6 Å². The maximum Gasteiger partial charge on any atom is 0.239 e. The zero-order valence-corrected chi connectivity index (χ0v) is 13.3. The van der Waals surface area contributed by atoms with Gasteiger partial charge >= 0.3 is 0 Å². The van der Waals surface area contributed by atoms with Crippen LogP contribution in [0.4, 0.5) is 0 Å². The lowest BCUT2D eigenvalue weighted by Gasteiger charge is -2.13. The van der Waals surface area contributed by atoms with E-state index < -0.39 is 0 Å². The van der Waals surface area contributed by atoms with E-state index in [4.69, 9.17) is 4.74 Å². The minimum Gasteiger partial charge on any atom is -0.490 e. The van der Waals surface area contributed by atoms with Crippen molar-refractivity contribution in [3.05, 3.63) is 29.8 Å². The number of carbonyl (C=O) groups excluding carboxylic acids is 2. The van der Waals surface area contributed by atoms with E-state index in [1.54, 1.807) is 0 Å². The van der Waals surface area contributed by atoms with Crippen LogP contribution < -0.4 is 15.4 Å². The summed E-state index contributed by atoms with van der Waals surface area (Å²) in [5.74, 6) is 0.859. The summed E-state index contributed by atoms with van der Waals surface area (Å²) < 4.78 is 5.91. The highest BCUT2D eigenvalue weighted by atomic mass is 16.5. The molecule has 1 aromatic rings. The van der Waals surface area contributed by atoms with Crippen molar-refractivity contribution in [3.8, 4) is 5.75 Å². The lowest BCUT2D eigenvalue weighted by atomic mass is 10.2. The quantitative estimate of drug-likeness (QED) is 0.810. The fourth-order valence-electron chi connectivity index (χ4n) is 2.80. The molecule has 0 saturated heterocycles. The van der Waals surface area contributed by atoms with Gasteiger partial charge in [-0.3, -0.25) is 9.59 Å². The topological polar surface area (TPSA) is 67.4 Å². The Labute approximate surface area is 136 Å². The molecule has 2 aliphatic rings. The van der Waals surface area contributed by atoms with E-state index in [0.717, 1.165) is 37.0 Å². The minimum atomic E-state index is -0.162. The van der Waals surface area contributed by atoms with Crippen molar-refractivity contribution in [1.29, 1.82) is 0 Å². The molecule has 0 heterocycles. The van der Waals surface area contributed by atoms with Crippen molar-refractivity contribution in [3.63, 3.8) is 0 Å². The number of hydrogen-bond acceptors (Lipinski definition) is 3. The summed E-state index contributed by atoms with van der Waals surface area (Å²) in [5, 5.41) is 5.47. The minimum absolute atomic E-state index is 0.00596. The fourth-order valence-corrected chi connectivity index (χ4v) is 2.80. The second-order valence-electron chi connectivity index (χ2n) is 6.44. The van der Waals surface area contributed by atoms with Gasteiger partial charge in [0.2, 0.25) is 11.8 Å². The highest BCUT2D eigenvalue weighted by Gasteiger charge is 2.29. The summed E-state index contributed by atoms with van der Waals surface area (Å²) in [4.78, 5) is 23.2. The molecule has 0 aromatic heterocycles. The first-order chi connectivity index (χ1) is 11.2. The molecule has 0 atom stereocenters. The number of rotatable bonds is 7. The molecule has 2 saturated carbocycles. The number of benzene rings is 1. The molecule has 124 valence electrons. The normalized spacial score (nSPS) is 17.7. The third kappa shape index (κ3) is 4.98. The lowest BCUT2D eigenvalue weighted by molar-refractivity contribution is -0.126. The fraction of sp³-hybridized carbons (Fsp3) is 0.556. The van der Waals surface area contributed by atoms with Crippen molar-refractivity contribution < 1.29 is 14.3 Å². The molecule has 23 heavy (non-hydrogen) atoms. The van der Waals surface area contributed by atoms with Crippen LogP contribution in [0.1, 0.15) is 44.1 Å². The van der Waals surface area contributed by atoms with E-state index >= 15 is 0 Å². The molecule has 0 radical (unpaired) electrons. The Morgan fingerprint density at radius 1 is 1.00 bits per heavy atom. The first-order valence-electron chi connectivity index (χ1n) is 8.51. The van der Waals surface area contributed by atoms with Crippen molar-refractivity contribution in [2.75, 3.05) is 6.54 Å². The second kappa shape index (κ2) is 7.49. The summed E-state index contributed by atoms with van der Waals surface area (Å²) in [6, 6.07) is 7.84. The molecule has 2 amide bonds. The van der Waals surface area contributed by atoms with Crippen molar-refractivity contribution in [1.82, 2.24) is 10.6 Å². The van der Waals surface area contributed by atoms with E-state index in [0.29, 0.717) is 12.6 Å². The van der Waals surface area contributed by atoms with Crippen molar-refractivity contribution in [2.45, 2.75) is 51.2 Å². The molecule has 5 heteroatoms. The molecule has 0 spiro atoms. The predicted octanol–water partition coefficient (Wildman–Crippen LogP) is 2.15. The van der Waals surface area contributed by atoms with Crippen LogP contribution in [0.5, 0.6) is 5.75 Å². The third-order valence-electron chi connectivity index (χ3n) is 4.39. The van der Waals surface area contributed by atoms with Gasteiger partial charge in [0, 0.05) is 12.5 Å². The number of hydrogen-bond donors (Lipinski definition) is 2. The van der Waals surface area contributed by atoms with Crippen LogP contribution in [0.3, 0.4) is 0 Å². The van der Waals surface area contributed by atoms with Crippen molar-refractivity contribution >= 4 is 11.8 Å². The van der Waals surface area contributed by atoms with Gasteiger partial charge < -0.3 is 15.4 Å². The van der Waals surface area contributed by atoms with Gasteiger partial charge in [0.05, 0.1) is 12.6 Å². The molecule has 1 aromatic carbocycles. The summed E-state index contributed by atoms with van der Waals surface area (Å²) >= 11 is 0. The number of amides is 2. The molecule has 5 nitrogen and oxygen atoms in total. The molecule has 2 fully saturated rings. The van der Waals surface area contributed by atoms with Crippen LogP contribution in [0, 0.1) is 5.92 Å². The van der Waals surface area contributed by atoms with E-state index in [-0.39, 0.29) is 24.3 Å². The standard InChI is InChI=1S/C18H24N2O3/c21-17(12-20-18(22)14-7-8-14)19-11-13-5-9-16(10-6-13)23-15-3-1-2-4-15/h5-6,9-10,14-15H,1-4,7-8,11-12H2,(H,19,21)(H,20,22). The molecule has 2 aliphatic carbocycles. The Balaban J connectivity index is 1.37. The lowest BCUT2D eigenvalue weighted by Crippen LogP contribution is -2.37. The maximum absolute atomic E-state index is 11.7. The Morgan fingerprint density at radius 3 is 2.35 bits per heavy atom. The molecule has 0 aliphatic heterocycles. The number of ether oxygens (including phenoxy) is 1. The Kier molecular flexibility index (Phi) is 5.16. The highest BCUT2D eigenvalue weighted by molar-refractivity contribution is 5.86. The Hall–Kier alpha value is -2.04. The van der Waals surface area contributed by atoms with E-state index in [9.17, 15) is 9.59 Å². The van der Waals surface area contributed by atoms with Crippen molar-refractivity contribution in [2.24, 2.45) is 5.92 Å². The van der Waals surface area contributed by atoms with Crippen LogP contribution in [0.15, 0.2) is 24.3 Å². The third-order valence-corrected chi connectivity index (χ3v) is 4.39. The maximum atomic E-state index is 11.7. The molecule has 0 unspecified atom stereocenters. The monoisotopic (exact) mass is 316 g/mol. The average molecular weight is 316 g/mol. The van der Waals surface area contributed by atoms with Gasteiger partial charge in [-0.15, -0.1) is 0 Å². The van der Waals surface area contributed by atoms with Gasteiger partial charge in [-0.1, -0.05) is 12.1 Å². The van der Waals surface area contributed by atoms with Crippen LogP contribution in [0.2, 0.25) is 0 Å². The first-order valence-corrected chi connectivity index (χ1v) is 8.51. The van der Waals surface area contributed by atoms with E-state index in [1.807, 2.05) is 24.3 Å². The average Bonchev–Trinajstić information content (AvgIpc) is 3.30. The largest absolute Gasteiger partial charge is 0.490 e. The first kappa shape index (κ1) is 15.8. The highest BCUT2D eigenvalue weighted by Crippen LogP contribution is 2.28. The molecule has 0 bridgehead atoms. The second-order valence-corrected chi connectivity index (χ2v) is 6.44. The predicted molar refractivity (Wildman–Crippen MR) is 86.9 cm³/mol. The van der Waals surface area contributed by atoms with Crippen LogP contribution >= 0.6 is 0 Å². The van der Waals surface area contributed by atoms with Gasteiger partial charge in [-0.05, 0) is 56.2 Å². The molecule has 3 rings (SSSR count).